The van der Waals surface area contributed by atoms with E-state index in [1.807, 2.05) is 0 Å². The quantitative estimate of drug-likeness (QED) is 0.386. The van der Waals surface area contributed by atoms with Gasteiger partial charge >= 0.3 is 5.97 Å². The summed E-state index contributed by atoms with van der Waals surface area (Å²) in [7, 11) is 0. The number of aromatic nitrogens is 3. The van der Waals surface area contributed by atoms with E-state index in [1.165, 1.54) is 36.4 Å². The molecule has 3 aromatic carbocycles. The minimum absolute atomic E-state index is 0.0328. The number of rotatable bonds is 8. The van der Waals surface area contributed by atoms with Gasteiger partial charge in [0.1, 0.15) is 22.8 Å². The number of aryl methyl sites for hydroxylation is 1. The molecule has 0 unspecified atom stereocenters. The van der Waals surface area contributed by atoms with Gasteiger partial charge in [0.05, 0.1) is 22.4 Å². The molecule has 0 fully saturated rings. The Kier molecular flexibility index (Phi) is 6.85. The first-order valence-corrected chi connectivity index (χ1v) is 10.7. The fraction of sp³-hybridized carbons (Fsp3) is 0.167. The predicted molar refractivity (Wildman–Crippen MR) is 122 cm³/mol. The Morgan fingerprint density at radius 2 is 1.85 bits per heavy atom. The molecule has 4 rings (SSSR count). The van der Waals surface area contributed by atoms with Gasteiger partial charge in [-0.2, -0.15) is 0 Å². The summed E-state index contributed by atoms with van der Waals surface area (Å²) in [4.78, 5) is 24.4. The maximum atomic E-state index is 13.2. The van der Waals surface area contributed by atoms with E-state index in [9.17, 15) is 24.2 Å². The molecule has 1 heterocycles. The van der Waals surface area contributed by atoms with Crippen LogP contribution in [-0.2, 0) is 11.3 Å². The first kappa shape index (κ1) is 23.3. The first-order valence-electron chi connectivity index (χ1n) is 10.3. The average molecular weight is 484 g/mol. The molecule has 0 aliphatic rings. The molecule has 0 radical (unpaired) electrons. The Morgan fingerprint density at radius 1 is 1.12 bits per heavy atom. The number of carboxylic acids is 1. The maximum Gasteiger partial charge on any atom is 0.309 e. The number of halogens is 2. The van der Waals surface area contributed by atoms with Crippen molar-refractivity contribution in [1.82, 2.24) is 15.0 Å². The lowest BCUT2D eigenvalue weighted by Crippen LogP contribution is -2.29. The van der Waals surface area contributed by atoms with Crippen LogP contribution < -0.4 is 10.3 Å². The van der Waals surface area contributed by atoms with Gasteiger partial charge in [-0.15, -0.1) is 5.10 Å². The maximum absolute atomic E-state index is 13.2. The number of nitrogens with zero attached hydrogens (tertiary/aromatic N) is 3. The standard InChI is InChI=1S/C24H19ClFN3O5/c25-19-13-15(26)7-10-21(19)34-16-8-5-14(6-9-16)22(30)18(24(32)33)11-12-29-23(31)17-3-1-2-4-20(17)27-28-29/h1-10,13,18,22,30H,11-12H2,(H,32,33)/t18-,22+/m0/s1. The van der Waals surface area contributed by atoms with Gasteiger partial charge in [0, 0.05) is 6.54 Å². The second kappa shape index (κ2) is 9.98. The number of fused-ring (bicyclic) bond motifs is 1. The van der Waals surface area contributed by atoms with Crippen LogP contribution in [0, 0.1) is 11.7 Å². The van der Waals surface area contributed by atoms with E-state index in [0.29, 0.717) is 22.2 Å². The molecule has 8 nitrogen and oxygen atoms in total. The number of ether oxygens (including phenoxy) is 1. The topological polar surface area (TPSA) is 115 Å². The van der Waals surface area contributed by atoms with E-state index < -0.39 is 23.8 Å². The molecule has 0 saturated carbocycles. The van der Waals surface area contributed by atoms with Crippen LogP contribution in [0.15, 0.2) is 71.5 Å². The van der Waals surface area contributed by atoms with Gasteiger partial charge in [-0.25, -0.2) is 9.07 Å². The second-order valence-corrected chi connectivity index (χ2v) is 7.97. The van der Waals surface area contributed by atoms with Crippen LogP contribution in [0.3, 0.4) is 0 Å². The van der Waals surface area contributed by atoms with E-state index in [4.69, 9.17) is 16.3 Å². The molecule has 10 heteroatoms. The highest BCUT2D eigenvalue weighted by molar-refractivity contribution is 6.32. The van der Waals surface area contributed by atoms with Crippen LogP contribution in [0.4, 0.5) is 4.39 Å². The van der Waals surface area contributed by atoms with Crippen molar-refractivity contribution in [2.75, 3.05) is 0 Å². The van der Waals surface area contributed by atoms with E-state index in [1.54, 1.807) is 24.3 Å². The summed E-state index contributed by atoms with van der Waals surface area (Å²) in [6, 6.07) is 16.6. The van der Waals surface area contributed by atoms with E-state index >= 15 is 0 Å². The smallest absolute Gasteiger partial charge is 0.309 e. The molecule has 2 atom stereocenters. The highest BCUT2D eigenvalue weighted by Crippen LogP contribution is 2.32. The van der Waals surface area contributed by atoms with Crippen LogP contribution in [0.2, 0.25) is 5.02 Å². The third-order valence-electron chi connectivity index (χ3n) is 5.32. The first-order chi connectivity index (χ1) is 16.3. The zero-order valence-electron chi connectivity index (χ0n) is 17.6. The summed E-state index contributed by atoms with van der Waals surface area (Å²) >= 11 is 5.96. The van der Waals surface area contributed by atoms with Crippen molar-refractivity contribution in [1.29, 1.82) is 0 Å². The number of carboxylic acid groups (broad SMARTS) is 1. The Bertz CT molecular complexity index is 1390. The largest absolute Gasteiger partial charge is 0.481 e. The average Bonchev–Trinajstić information content (AvgIpc) is 2.82. The van der Waals surface area contributed by atoms with Crippen molar-refractivity contribution in [2.24, 2.45) is 5.92 Å². The Labute approximate surface area is 197 Å². The van der Waals surface area contributed by atoms with Gasteiger partial charge in [-0.3, -0.25) is 9.59 Å². The van der Waals surface area contributed by atoms with Crippen molar-refractivity contribution >= 4 is 28.5 Å². The van der Waals surface area contributed by atoms with Crippen molar-refractivity contribution in [3.63, 3.8) is 0 Å². The molecule has 174 valence electrons. The Balaban J connectivity index is 1.47. The monoisotopic (exact) mass is 483 g/mol. The minimum Gasteiger partial charge on any atom is -0.481 e. The SMILES string of the molecule is O=C(O)[C@@H](CCn1nnc2ccccc2c1=O)[C@H](O)c1ccc(Oc2ccc(F)cc2Cl)cc1. The zero-order chi connectivity index (χ0) is 24.2. The molecule has 0 spiro atoms. The molecule has 34 heavy (non-hydrogen) atoms. The molecule has 0 aliphatic heterocycles. The number of aliphatic hydroxyl groups is 1. The van der Waals surface area contributed by atoms with Gasteiger partial charge in [0.25, 0.3) is 5.56 Å². The fourth-order valence-electron chi connectivity index (χ4n) is 3.50. The lowest BCUT2D eigenvalue weighted by molar-refractivity contribution is -0.146. The molecule has 1 aromatic heterocycles. The van der Waals surface area contributed by atoms with Crippen molar-refractivity contribution < 1.29 is 24.1 Å². The van der Waals surface area contributed by atoms with Crippen LogP contribution in [0.1, 0.15) is 18.1 Å². The zero-order valence-corrected chi connectivity index (χ0v) is 18.4. The third-order valence-corrected chi connectivity index (χ3v) is 5.62. The highest BCUT2D eigenvalue weighted by atomic mass is 35.5. The number of aliphatic carboxylic acids is 1. The number of aliphatic hydroxyl groups excluding tert-OH is 1. The van der Waals surface area contributed by atoms with Crippen molar-refractivity contribution in [3.05, 3.63) is 93.5 Å². The molecule has 0 saturated heterocycles. The van der Waals surface area contributed by atoms with Crippen LogP contribution in [0.25, 0.3) is 10.9 Å². The predicted octanol–water partition coefficient (Wildman–Crippen LogP) is 4.20. The lowest BCUT2D eigenvalue weighted by Gasteiger charge is -2.20. The normalized spacial score (nSPS) is 12.9. The Hall–Kier alpha value is -3.82. The van der Waals surface area contributed by atoms with Gasteiger partial charge < -0.3 is 14.9 Å². The van der Waals surface area contributed by atoms with E-state index in [2.05, 4.69) is 10.3 Å². The fourth-order valence-corrected chi connectivity index (χ4v) is 3.70. The van der Waals surface area contributed by atoms with Gasteiger partial charge in [-0.05, 0) is 54.4 Å². The summed E-state index contributed by atoms with van der Waals surface area (Å²) in [5.41, 5.74) is 0.412. The van der Waals surface area contributed by atoms with Crippen LogP contribution in [-0.4, -0.2) is 31.2 Å². The highest BCUT2D eigenvalue weighted by Gasteiger charge is 2.28. The van der Waals surface area contributed by atoms with Gasteiger partial charge in [0.2, 0.25) is 0 Å². The van der Waals surface area contributed by atoms with Crippen LogP contribution in [0.5, 0.6) is 11.5 Å². The van der Waals surface area contributed by atoms with Gasteiger partial charge in [-0.1, -0.05) is 41.1 Å². The van der Waals surface area contributed by atoms with Crippen molar-refractivity contribution in [2.45, 2.75) is 19.1 Å². The molecule has 0 bridgehead atoms. The lowest BCUT2D eigenvalue weighted by atomic mass is 9.93. The number of carbonyl (C=O) groups is 1. The molecule has 4 aromatic rings. The van der Waals surface area contributed by atoms with E-state index in [-0.39, 0.29) is 29.3 Å². The summed E-state index contributed by atoms with van der Waals surface area (Å²) in [6.07, 6.45) is -1.39. The summed E-state index contributed by atoms with van der Waals surface area (Å²) in [6.45, 7) is -0.0328. The molecule has 2 N–H and O–H groups in total. The summed E-state index contributed by atoms with van der Waals surface area (Å²) < 4.78 is 19.9. The number of benzene rings is 3. The van der Waals surface area contributed by atoms with Gasteiger partial charge in [0.15, 0.2) is 0 Å². The molecular formula is C24H19ClFN3O5. The van der Waals surface area contributed by atoms with E-state index in [0.717, 1.165) is 10.7 Å². The van der Waals surface area contributed by atoms with Crippen LogP contribution >= 0.6 is 11.6 Å². The minimum atomic E-state index is -1.34. The molecule has 0 aliphatic carbocycles. The molecule has 0 amide bonds. The number of hydrogen-bond donors (Lipinski definition) is 2. The summed E-state index contributed by atoms with van der Waals surface area (Å²) in [5, 5.41) is 28.7. The van der Waals surface area contributed by atoms with Crippen molar-refractivity contribution in [3.8, 4) is 11.5 Å². The third kappa shape index (κ3) is 5.05. The Morgan fingerprint density at radius 3 is 2.56 bits per heavy atom. The molecular weight excluding hydrogens is 465 g/mol. The number of hydrogen-bond acceptors (Lipinski definition) is 6. The second-order valence-electron chi connectivity index (χ2n) is 7.56. The summed E-state index contributed by atoms with van der Waals surface area (Å²) in [5.74, 6) is -2.28.